The van der Waals surface area contributed by atoms with Crippen molar-refractivity contribution in [2.24, 2.45) is 0 Å². The first kappa shape index (κ1) is 10.1. The van der Waals surface area contributed by atoms with Crippen LogP contribution in [0.4, 0.5) is 0 Å². The van der Waals surface area contributed by atoms with Gasteiger partial charge < -0.3 is 4.98 Å². The molecule has 0 radical (unpaired) electrons. The molecule has 5 heteroatoms. The number of hydrogen-bond donors (Lipinski definition) is 1. The Kier molecular flexibility index (Phi) is 2.61. The number of aryl methyl sites for hydroxylation is 1. The lowest BCUT2D eigenvalue weighted by Crippen LogP contribution is -2.11. The molecule has 0 bridgehead atoms. The van der Waals surface area contributed by atoms with Gasteiger partial charge >= 0.3 is 0 Å². The van der Waals surface area contributed by atoms with E-state index in [0.29, 0.717) is 5.69 Å². The van der Waals surface area contributed by atoms with Crippen molar-refractivity contribution in [2.45, 2.75) is 6.92 Å². The van der Waals surface area contributed by atoms with E-state index in [0.717, 1.165) is 19.1 Å². The van der Waals surface area contributed by atoms with Gasteiger partial charge in [0.2, 0.25) is 0 Å². The predicted molar refractivity (Wildman–Crippen MR) is 67.5 cm³/mol. The van der Waals surface area contributed by atoms with Crippen molar-refractivity contribution in [2.75, 3.05) is 0 Å². The van der Waals surface area contributed by atoms with Gasteiger partial charge in [-0.3, -0.25) is 4.79 Å². The van der Waals surface area contributed by atoms with Crippen LogP contribution < -0.4 is 5.56 Å². The summed E-state index contributed by atoms with van der Waals surface area (Å²) in [4.78, 5) is 18.3. The van der Waals surface area contributed by atoms with Gasteiger partial charge in [0, 0.05) is 8.04 Å². The van der Waals surface area contributed by atoms with Gasteiger partial charge in [0.1, 0.15) is 11.2 Å². The molecule has 1 aromatic carbocycles. The largest absolute Gasteiger partial charge is 0.319 e. The van der Waals surface area contributed by atoms with E-state index in [4.69, 9.17) is 0 Å². The van der Waals surface area contributed by atoms with Crippen LogP contribution in [-0.2, 0) is 0 Å². The molecule has 0 atom stereocenters. The lowest BCUT2D eigenvalue weighted by molar-refractivity contribution is 1.12. The Balaban J connectivity index is 2.96. The van der Waals surface area contributed by atoms with Crippen LogP contribution in [0, 0.1) is 10.5 Å². The average Bonchev–Trinajstić information content (AvgIpc) is 2.08. The summed E-state index contributed by atoms with van der Waals surface area (Å²) >= 11 is 5.61. The number of fused-ring (bicyclic) bond motifs is 1. The maximum absolute atomic E-state index is 11.3. The van der Waals surface area contributed by atoms with E-state index in [1.807, 2.05) is 12.1 Å². The second-order valence-corrected chi connectivity index (χ2v) is 5.04. The van der Waals surface area contributed by atoms with E-state index in [-0.39, 0.29) is 5.56 Å². The molecule has 0 spiro atoms. The summed E-state index contributed by atoms with van der Waals surface area (Å²) < 4.78 is 1.96. The lowest BCUT2D eigenvalue weighted by atomic mass is 10.3. The molecule has 0 amide bonds. The van der Waals surface area contributed by atoms with Crippen LogP contribution in [0.5, 0.6) is 0 Å². The average molecular weight is 365 g/mol. The van der Waals surface area contributed by atoms with Gasteiger partial charge in [-0.1, -0.05) is 0 Å². The monoisotopic (exact) mass is 364 g/mol. The Morgan fingerprint density at radius 3 is 2.93 bits per heavy atom. The summed E-state index contributed by atoms with van der Waals surface area (Å²) in [5, 5.41) is 0. The molecule has 0 unspecified atom stereocenters. The molecule has 1 aromatic heterocycles. The smallest absolute Gasteiger partial charge is 0.269 e. The third-order valence-electron chi connectivity index (χ3n) is 1.88. The predicted octanol–water partition coefficient (Wildman–Crippen LogP) is 2.60. The fourth-order valence-electron chi connectivity index (χ4n) is 1.21. The summed E-state index contributed by atoms with van der Waals surface area (Å²) in [6, 6.07) is 3.86. The standard InChI is InChI=1S/C9H6BrIN2O/c1-4-9(14)13-7-3-5(11)2-6(10)8(7)12-4/h2-3H,1H3,(H,13,14). The number of hydrogen-bond acceptors (Lipinski definition) is 2. The van der Waals surface area contributed by atoms with Crippen LogP contribution in [0.1, 0.15) is 5.69 Å². The molecular formula is C9H6BrIN2O. The molecule has 1 N–H and O–H groups in total. The molecule has 2 rings (SSSR count). The molecule has 0 saturated heterocycles. The molecule has 0 fully saturated rings. The van der Waals surface area contributed by atoms with Crippen LogP contribution in [0.3, 0.4) is 0 Å². The number of nitrogens with one attached hydrogen (secondary N) is 1. The van der Waals surface area contributed by atoms with Crippen molar-refractivity contribution in [1.29, 1.82) is 0 Å². The molecular weight excluding hydrogens is 359 g/mol. The molecule has 2 aromatic rings. The van der Waals surface area contributed by atoms with Gasteiger partial charge in [-0.15, -0.1) is 0 Å². The molecule has 72 valence electrons. The van der Waals surface area contributed by atoms with Crippen LogP contribution >= 0.6 is 38.5 Å². The third kappa shape index (κ3) is 1.70. The molecule has 0 aliphatic rings. The van der Waals surface area contributed by atoms with Gasteiger partial charge in [0.25, 0.3) is 5.56 Å². The SMILES string of the molecule is Cc1nc2c(Br)cc(I)cc2[nH]c1=O. The van der Waals surface area contributed by atoms with Crippen molar-refractivity contribution in [1.82, 2.24) is 9.97 Å². The molecule has 0 saturated carbocycles. The number of rotatable bonds is 0. The van der Waals surface area contributed by atoms with E-state index in [1.165, 1.54) is 0 Å². The number of nitrogens with zero attached hydrogens (tertiary/aromatic N) is 1. The van der Waals surface area contributed by atoms with Crippen LogP contribution in [-0.4, -0.2) is 9.97 Å². The van der Waals surface area contributed by atoms with Crippen LogP contribution in [0.2, 0.25) is 0 Å². The normalized spacial score (nSPS) is 10.8. The van der Waals surface area contributed by atoms with E-state index < -0.39 is 0 Å². The fourth-order valence-corrected chi connectivity index (χ4v) is 2.81. The molecule has 14 heavy (non-hydrogen) atoms. The lowest BCUT2D eigenvalue weighted by Gasteiger charge is -2.01. The minimum Gasteiger partial charge on any atom is -0.319 e. The molecule has 3 nitrogen and oxygen atoms in total. The summed E-state index contributed by atoms with van der Waals surface area (Å²) in [5.41, 5.74) is 1.91. The number of halogens is 2. The van der Waals surface area contributed by atoms with E-state index in [1.54, 1.807) is 6.92 Å². The van der Waals surface area contributed by atoms with E-state index in [9.17, 15) is 4.79 Å². The summed E-state index contributed by atoms with van der Waals surface area (Å²) in [5.74, 6) is 0. The van der Waals surface area contributed by atoms with Gasteiger partial charge in [-0.2, -0.15) is 0 Å². The van der Waals surface area contributed by atoms with Crippen molar-refractivity contribution in [3.05, 3.63) is 36.2 Å². The van der Waals surface area contributed by atoms with E-state index >= 15 is 0 Å². The Bertz CT molecular complexity index is 564. The minimum absolute atomic E-state index is 0.133. The van der Waals surface area contributed by atoms with Gasteiger partial charge in [-0.05, 0) is 57.6 Å². The molecule has 1 heterocycles. The Labute approximate surface area is 102 Å². The maximum atomic E-state index is 11.3. The quantitative estimate of drug-likeness (QED) is 0.730. The highest BCUT2D eigenvalue weighted by atomic mass is 127. The first-order chi connectivity index (χ1) is 6.58. The number of aromatic nitrogens is 2. The minimum atomic E-state index is -0.133. The Morgan fingerprint density at radius 2 is 2.21 bits per heavy atom. The first-order valence-electron chi connectivity index (χ1n) is 3.93. The van der Waals surface area contributed by atoms with E-state index in [2.05, 4.69) is 48.5 Å². The second-order valence-electron chi connectivity index (χ2n) is 2.94. The van der Waals surface area contributed by atoms with Gasteiger partial charge in [-0.25, -0.2) is 4.98 Å². The highest BCUT2D eigenvalue weighted by molar-refractivity contribution is 14.1. The van der Waals surface area contributed by atoms with Crippen molar-refractivity contribution in [3.63, 3.8) is 0 Å². The third-order valence-corrected chi connectivity index (χ3v) is 3.11. The van der Waals surface area contributed by atoms with Crippen molar-refractivity contribution < 1.29 is 0 Å². The number of H-pyrrole nitrogens is 1. The zero-order chi connectivity index (χ0) is 10.3. The number of benzene rings is 1. The Morgan fingerprint density at radius 1 is 1.50 bits per heavy atom. The second kappa shape index (κ2) is 3.62. The van der Waals surface area contributed by atoms with Crippen molar-refractivity contribution >= 4 is 49.6 Å². The van der Waals surface area contributed by atoms with Gasteiger partial charge in [0.05, 0.1) is 5.52 Å². The van der Waals surface area contributed by atoms with Crippen LogP contribution in [0.25, 0.3) is 11.0 Å². The maximum Gasteiger partial charge on any atom is 0.269 e. The summed E-state index contributed by atoms with van der Waals surface area (Å²) in [7, 11) is 0. The first-order valence-corrected chi connectivity index (χ1v) is 5.81. The fraction of sp³-hybridized carbons (Fsp3) is 0.111. The summed E-state index contributed by atoms with van der Waals surface area (Å²) in [6.45, 7) is 1.70. The highest BCUT2D eigenvalue weighted by Gasteiger charge is 2.04. The topological polar surface area (TPSA) is 45.8 Å². The Hall–Kier alpha value is -0.430. The number of aromatic amines is 1. The molecule has 0 aliphatic heterocycles. The molecule has 0 aliphatic carbocycles. The zero-order valence-corrected chi connectivity index (χ0v) is 11.0. The zero-order valence-electron chi connectivity index (χ0n) is 7.27. The van der Waals surface area contributed by atoms with Crippen molar-refractivity contribution in [3.8, 4) is 0 Å². The highest BCUT2D eigenvalue weighted by Crippen LogP contribution is 2.22. The van der Waals surface area contributed by atoms with Crippen LogP contribution in [0.15, 0.2) is 21.4 Å². The summed E-state index contributed by atoms with van der Waals surface area (Å²) in [6.07, 6.45) is 0. The van der Waals surface area contributed by atoms with Gasteiger partial charge in [0.15, 0.2) is 0 Å².